The second kappa shape index (κ2) is 7.09. The second-order valence-corrected chi connectivity index (χ2v) is 14.9. The van der Waals surface area contributed by atoms with Crippen molar-refractivity contribution in [3.05, 3.63) is 11.6 Å². The summed E-state index contributed by atoms with van der Waals surface area (Å²) in [6.45, 7) is 17.2. The van der Waals surface area contributed by atoms with E-state index in [2.05, 4.69) is 54.5 Å². The third-order valence-corrected chi connectivity index (χ3v) is 12.9. The largest absolute Gasteiger partial charge is 0.393 e. The quantitative estimate of drug-likeness (QED) is 0.391. The van der Waals surface area contributed by atoms with Crippen LogP contribution in [-0.2, 0) is 0 Å². The van der Waals surface area contributed by atoms with Gasteiger partial charge in [0.05, 0.1) is 12.2 Å². The van der Waals surface area contributed by atoms with Crippen LogP contribution in [0.3, 0.4) is 0 Å². The van der Waals surface area contributed by atoms with Crippen LogP contribution in [0, 0.1) is 50.7 Å². The van der Waals surface area contributed by atoms with Gasteiger partial charge in [-0.3, -0.25) is 0 Å². The summed E-state index contributed by atoms with van der Waals surface area (Å²) in [5, 5.41) is 21.7. The Morgan fingerprint density at radius 3 is 1.91 bits per heavy atom. The molecule has 4 saturated carbocycles. The molecule has 4 fully saturated rings. The standard InChI is InChI=1S/C30H50O2/c1-26(2)21-10-8-19-18-28(5)15-12-22-27(3,4)25(32)14-17-30(22,7)23(28)11-9-20(19)29(21,6)16-13-24(26)31/h8,20-25,31-32H,9-18H2,1-7H3/t20?,21?,22-,23-,24+,25+,28-,29+,30-/m0/s1. The van der Waals surface area contributed by atoms with Crippen molar-refractivity contribution in [1.29, 1.82) is 0 Å². The van der Waals surface area contributed by atoms with Gasteiger partial charge < -0.3 is 10.2 Å². The number of aliphatic hydroxyl groups is 2. The van der Waals surface area contributed by atoms with Crippen molar-refractivity contribution in [3.8, 4) is 0 Å². The van der Waals surface area contributed by atoms with Crippen molar-refractivity contribution in [1.82, 2.24) is 0 Å². The topological polar surface area (TPSA) is 40.5 Å². The summed E-state index contributed by atoms with van der Waals surface area (Å²) in [4.78, 5) is 0. The lowest BCUT2D eigenvalue weighted by Crippen LogP contribution is -2.58. The number of rotatable bonds is 0. The summed E-state index contributed by atoms with van der Waals surface area (Å²) < 4.78 is 0. The lowest BCUT2D eigenvalue weighted by atomic mass is 9.42. The van der Waals surface area contributed by atoms with Crippen LogP contribution in [0.4, 0.5) is 0 Å². The lowest BCUT2D eigenvalue weighted by molar-refractivity contribution is -0.170. The maximum Gasteiger partial charge on any atom is 0.0594 e. The first-order chi connectivity index (χ1) is 14.8. The molecule has 2 heteroatoms. The van der Waals surface area contributed by atoms with Crippen molar-refractivity contribution >= 4 is 0 Å². The molecule has 0 radical (unpaired) electrons. The highest BCUT2D eigenvalue weighted by Crippen LogP contribution is 2.70. The third-order valence-electron chi connectivity index (χ3n) is 12.9. The summed E-state index contributed by atoms with van der Waals surface area (Å²) >= 11 is 0. The van der Waals surface area contributed by atoms with E-state index in [4.69, 9.17) is 0 Å². The Hall–Kier alpha value is -0.340. The Kier molecular flexibility index (Phi) is 5.19. The molecular formula is C30H50O2. The molecule has 0 amide bonds. The highest BCUT2D eigenvalue weighted by atomic mass is 16.3. The summed E-state index contributed by atoms with van der Waals surface area (Å²) in [6.07, 6.45) is 14.4. The fourth-order valence-corrected chi connectivity index (χ4v) is 10.9. The molecule has 5 aliphatic rings. The highest BCUT2D eigenvalue weighted by Gasteiger charge is 2.63. The molecule has 0 saturated heterocycles. The first kappa shape index (κ1) is 23.4. The summed E-state index contributed by atoms with van der Waals surface area (Å²) in [6, 6.07) is 0. The molecule has 182 valence electrons. The molecule has 32 heavy (non-hydrogen) atoms. The van der Waals surface area contributed by atoms with E-state index in [-0.39, 0.29) is 23.0 Å². The molecule has 5 aliphatic carbocycles. The van der Waals surface area contributed by atoms with E-state index in [1.165, 1.54) is 44.9 Å². The van der Waals surface area contributed by atoms with Gasteiger partial charge in [-0.25, -0.2) is 0 Å². The molecule has 0 aliphatic heterocycles. The number of hydrogen-bond donors (Lipinski definition) is 2. The van der Waals surface area contributed by atoms with Crippen LogP contribution in [0.2, 0.25) is 0 Å². The van der Waals surface area contributed by atoms with Crippen molar-refractivity contribution in [2.45, 2.75) is 125 Å². The average Bonchev–Trinajstić information content (AvgIpc) is 2.86. The van der Waals surface area contributed by atoms with Crippen LogP contribution in [0.1, 0.15) is 113 Å². The van der Waals surface area contributed by atoms with Crippen LogP contribution in [0.5, 0.6) is 0 Å². The zero-order valence-electron chi connectivity index (χ0n) is 22.0. The van der Waals surface area contributed by atoms with E-state index in [1.807, 2.05) is 0 Å². The van der Waals surface area contributed by atoms with Gasteiger partial charge in [0.1, 0.15) is 0 Å². The molecule has 0 heterocycles. The van der Waals surface area contributed by atoms with Gasteiger partial charge in [0.25, 0.3) is 0 Å². The average molecular weight is 443 g/mol. The van der Waals surface area contributed by atoms with Gasteiger partial charge in [0.2, 0.25) is 0 Å². The van der Waals surface area contributed by atoms with E-state index in [9.17, 15) is 10.2 Å². The highest BCUT2D eigenvalue weighted by molar-refractivity contribution is 5.25. The Morgan fingerprint density at radius 2 is 1.25 bits per heavy atom. The van der Waals surface area contributed by atoms with Gasteiger partial charge in [0.15, 0.2) is 0 Å². The fourth-order valence-electron chi connectivity index (χ4n) is 10.9. The maximum atomic E-state index is 10.9. The van der Waals surface area contributed by atoms with Crippen LogP contribution >= 0.6 is 0 Å². The van der Waals surface area contributed by atoms with Gasteiger partial charge in [-0.2, -0.15) is 0 Å². The van der Waals surface area contributed by atoms with Crippen LogP contribution in [0.15, 0.2) is 11.6 Å². The van der Waals surface area contributed by atoms with Crippen molar-refractivity contribution in [3.63, 3.8) is 0 Å². The van der Waals surface area contributed by atoms with Gasteiger partial charge in [-0.05, 0) is 115 Å². The fraction of sp³-hybridized carbons (Fsp3) is 0.933. The van der Waals surface area contributed by atoms with Crippen molar-refractivity contribution in [2.75, 3.05) is 0 Å². The van der Waals surface area contributed by atoms with Gasteiger partial charge in [-0.1, -0.05) is 60.1 Å². The molecule has 5 rings (SSSR count). The predicted molar refractivity (Wildman–Crippen MR) is 132 cm³/mol. The normalized spacial score (nSPS) is 54.2. The molecule has 0 aromatic carbocycles. The summed E-state index contributed by atoms with van der Waals surface area (Å²) in [5.74, 6) is 2.68. The first-order valence-corrected chi connectivity index (χ1v) is 13.8. The smallest absolute Gasteiger partial charge is 0.0594 e. The van der Waals surface area contributed by atoms with Gasteiger partial charge in [0, 0.05) is 0 Å². The number of allylic oxidation sites excluding steroid dienone is 2. The zero-order chi connectivity index (χ0) is 23.3. The van der Waals surface area contributed by atoms with E-state index < -0.39 is 0 Å². The minimum atomic E-state index is -0.156. The van der Waals surface area contributed by atoms with Crippen LogP contribution in [-0.4, -0.2) is 22.4 Å². The molecule has 0 aromatic heterocycles. The van der Waals surface area contributed by atoms with E-state index in [0.29, 0.717) is 34.0 Å². The molecule has 0 aromatic rings. The number of fused-ring (bicyclic) bond motifs is 6. The minimum Gasteiger partial charge on any atom is -0.393 e. The summed E-state index contributed by atoms with van der Waals surface area (Å²) in [5.41, 5.74) is 2.91. The number of aliphatic hydroxyl groups excluding tert-OH is 2. The number of hydrogen-bond acceptors (Lipinski definition) is 2. The molecule has 0 bridgehead atoms. The van der Waals surface area contributed by atoms with E-state index in [1.54, 1.807) is 5.57 Å². The summed E-state index contributed by atoms with van der Waals surface area (Å²) in [7, 11) is 0. The van der Waals surface area contributed by atoms with Crippen LogP contribution < -0.4 is 0 Å². The van der Waals surface area contributed by atoms with Crippen molar-refractivity contribution in [2.24, 2.45) is 50.7 Å². The monoisotopic (exact) mass is 442 g/mol. The van der Waals surface area contributed by atoms with Crippen LogP contribution in [0.25, 0.3) is 0 Å². The SMILES string of the molecule is CC1(C)C2CC=C3C[C@]4(C)CC[C@H]5C(C)(C)[C@H](O)CC[C@]5(C)[C@H]4CCC3[C@@]2(C)CC[C@H]1O. The third kappa shape index (κ3) is 2.96. The Morgan fingerprint density at radius 1 is 0.656 bits per heavy atom. The molecule has 2 nitrogen and oxygen atoms in total. The molecule has 2 unspecified atom stereocenters. The van der Waals surface area contributed by atoms with E-state index >= 15 is 0 Å². The zero-order valence-corrected chi connectivity index (χ0v) is 22.0. The lowest BCUT2D eigenvalue weighted by Gasteiger charge is -2.63. The predicted octanol–water partition coefficient (Wildman–Crippen LogP) is 7.14. The Balaban J connectivity index is 1.50. The molecule has 0 spiro atoms. The second-order valence-electron chi connectivity index (χ2n) is 14.9. The maximum absolute atomic E-state index is 10.9. The van der Waals surface area contributed by atoms with Crippen molar-refractivity contribution < 1.29 is 10.2 Å². The Bertz CT molecular complexity index is 795. The first-order valence-electron chi connectivity index (χ1n) is 13.8. The minimum absolute atomic E-state index is 0.0125. The van der Waals surface area contributed by atoms with E-state index in [0.717, 1.165) is 25.2 Å². The molecule has 9 atom stereocenters. The van der Waals surface area contributed by atoms with Gasteiger partial charge in [-0.15, -0.1) is 0 Å². The van der Waals surface area contributed by atoms with Gasteiger partial charge >= 0.3 is 0 Å². The Labute approximate surface area is 197 Å². The molecule has 2 N–H and O–H groups in total. The molecular weight excluding hydrogens is 392 g/mol.